The maximum absolute atomic E-state index is 13.0. The van der Waals surface area contributed by atoms with Crippen LogP contribution in [0.15, 0.2) is 64.6 Å². The van der Waals surface area contributed by atoms with Crippen molar-refractivity contribution in [1.29, 1.82) is 0 Å². The van der Waals surface area contributed by atoms with Gasteiger partial charge in [0.15, 0.2) is 22.0 Å². The number of aliphatic imine (C=N–C) groups is 1. The van der Waals surface area contributed by atoms with E-state index in [9.17, 15) is 22.0 Å². The van der Waals surface area contributed by atoms with Crippen LogP contribution in [0.1, 0.15) is 37.5 Å². The minimum absolute atomic E-state index is 0.0232. The molecule has 0 radical (unpaired) electrons. The van der Waals surface area contributed by atoms with Crippen LogP contribution in [0.4, 0.5) is 19.3 Å². The highest BCUT2D eigenvalue weighted by Crippen LogP contribution is 2.34. The number of amides is 1. The van der Waals surface area contributed by atoms with Crippen molar-refractivity contribution in [3.05, 3.63) is 71.4 Å². The molecule has 0 aromatic heterocycles. The number of hydrazine groups is 1. The summed E-state index contributed by atoms with van der Waals surface area (Å²) in [7, 11) is -3.59. The number of nitrogens with zero attached hydrogens (tertiary/aromatic N) is 3. The summed E-state index contributed by atoms with van der Waals surface area (Å²) in [6.45, 7) is 5.81. The van der Waals surface area contributed by atoms with E-state index in [4.69, 9.17) is 14.5 Å². The van der Waals surface area contributed by atoms with Gasteiger partial charge in [0, 0.05) is 42.4 Å². The normalized spacial score (nSPS) is 18.4. The molecule has 2 N–H and O–H groups in total. The fraction of sp³-hybridized carbons (Fsp3) is 0.400. The lowest BCUT2D eigenvalue weighted by Gasteiger charge is -2.26. The molecule has 0 aliphatic carbocycles. The van der Waals surface area contributed by atoms with E-state index in [0.29, 0.717) is 36.5 Å². The van der Waals surface area contributed by atoms with Crippen LogP contribution in [0.25, 0.3) is 5.57 Å². The number of benzene rings is 2. The maximum Gasteiger partial charge on any atom is 0.410 e. The van der Waals surface area contributed by atoms with Crippen LogP contribution in [-0.2, 0) is 27.4 Å². The summed E-state index contributed by atoms with van der Waals surface area (Å²) in [5.74, 6) is 0.534. The van der Waals surface area contributed by atoms with E-state index in [1.54, 1.807) is 28.3 Å². The molecule has 13 heteroatoms. The van der Waals surface area contributed by atoms with Gasteiger partial charge in [-0.05, 0) is 87.2 Å². The number of fused-ring (bicyclic) bond motifs is 2. The molecular weight excluding hydrogens is 580 g/mol. The molecular formula is C30H35F2N5O5S. The second-order valence-electron chi connectivity index (χ2n) is 11.5. The molecule has 1 atom stereocenters. The van der Waals surface area contributed by atoms with Gasteiger partial charge >= 0.3 is 6.09 Å². The van der Waals surface area contributed by atoms with Crippen molar-refractivity contribution in [2.24, 2.45) is 4.99 Å². The summed E-state index contributed by atoms with van der Waals surface area (Å²) >= 11 is 0. The molecule has 1 unspecified atom stereocenters. The first-order chi connectivity index (χ1) is 20.3. The van der Waals surface area contributed by atoms with Crippen molar-refractivity contribution in [1.82, 2.24) is 15.3 Å². The van der Waals surface area contributed by atoms with Crippen molar-refractivity contribution in [2.45, 2.75) is 56.8 Å². The first-order valence-electron chi connectivity index (χ1n) is 13.9. The van der Waals surface area contributed by atoms with Gasteiger partial charge in [0.05, 0.1) is 4.90 Å². The maximum atomic E-state index is 13.0. The van der Waals surface area contributed by atoms with Crippen LogP contribution in [0.2, 0.25) is 0 Å². The molecule has 3 heterocycles. The number of rotatable bonds is 7. The first-order valence-corrected chi connectivity index (χ1v) is 15.8. The van der Waals surface area contributed by atoms with Gasteiger partial charge in [-0.3, -0.25) is 5.01 Å². The van der Waals surface area contributed by atoms with E-state index in [-0.39, 0.29) is 16.7 Å². The average Bonchev–Trinajstić information content (AvgIpc) is 3.21. The Bertz CT molecular complexity index is 1600. The third-order valence-corrected chi connectivity index (χ3v) is 8.09. The zero-order valence-corrected chi connectivity index (χ0v) is 25.2. The number of sulfone groups is 1. The summed E-state index contributed by atoms with van der Waals surface area (Å²) in [6.07, 6.45) is 4.17. The first kappa shape index (κ1) is 30.5. The molecule has 3 aliphatic heterocycles. The number of halogens is 2. The largest absolute Gasteiger partial charge is 0.487 e. The van der Waals surface area contributed by atoms with Gasteiger partial charge in [-0.15, -0.1) is 0 Å². The minimum atomic E-state index is -3.59. The number of ether oxygens (including phenoxy) is 2. The Hall–Kier alpha value is -3.97. The Labute approximate surface area is 249 Å². The Morgan fingerprint density at radius 1 is 1.14 bits per heavy atom. The predicted molar refractivity (Wildman–Crippen MR) is 160 cm³/mol. The second kappa shape index (κ2) is 12.0. The summed E-state index contributed by atoms with van der Waals surface area (Å²) in [5.41, 5.74) is 6.83. The van der Waals surface area contributed by atoms with Crippen LogP contribution >= 0.6 is 0 Å². The number of carbonyl (C=O) groups excluding carboxylic acids is 1. The second-order valence-corrected chi connectivity index (χ2v) is 13.5. The van der Waals surface area contributed by atoms with Gasteiger partial charge < -0.3 is 19.7 Å². The standard InChI is InChI=1S/C30H35F2N5O5S/c1-30(2,3)42-29(38)36-14-11-19-7-8-21(16-20(19)12-15-36)33-28-34-27-24(6-5-13-37(27)35-28)23-10-9-22(43(4,39)40)17-25(23)41-18-26(31)32/h5-10,13,16-17,26,28,33,35H,11-12,14-15,18H2,1-4H3. The van der Waals surface area contributed by atoms with Crippen LogP contribution in [0, 0.1) is 0 Å². The van der Waals surface area contributed by atoms with Crippen molar-refractivity contribution >= 4 is 33.0 Å². The Balaban J connectivity index is 1.33. The predicted octanol–water partition coefficient (Wildman–Crippen LogP) is 4.59. The van der Waals surface area contributed by atoms with Gasteiger partial charge in [-0.2, -0.15) is 5.43 Å². The number of allylic oxidation sites excluding steroid dienone is 2. The van der Waals surface area contributed by atoms with Crippen LogP contribution in [0.3, 0.4) is 0 Å². The van der Waals surface area contributed by atoms with Gasteiger partial charge in [0.1, 0.15) is 18.0 Å². The van der Waals surface area contributed by atoms with Crippen LogP contribution in [-0.4, -0.2) is 74.5 Å². The monoisotopic (exact) mass is 615 g/mol. The molecule has 0 bridgehead atoms. The van der Waals surface area contributed by atoms with Gasteiger partial charge in [0.25, 0.3) is 6.43 Å². The zero-order chi connectivity index (χ0) is 30.9. The number of hydrogen-bond acceptors (Lipinski definition) is 9. The molecule has 43 heavy (non-hydrogen) atoms. The molecule has 0 saturated carbocycles. The lowest BCUT2D eigenvalue weighted by atomic mass is 10.0. The number of hydrogen-bond donors (Lipinski definition) is 2. The third kappa shape index (κ3) is 7.34. The molecule has 5 rings (SSSR count). The molecule has 0 spiro atoms. The summed E-state index contributed by atoms with van der Waals surface area (Å²) < 4.78 is 61.1. The van der Waals surface area contributed by atoms with Crippen LogP contribution in [0.5, 0.6) is 5.75 Å². The van der Waals surface area contributed by atoms with Gasteiger partial charge in [-0.1, -0.05) is 6.07 Å². The lowest BCUT2D eigenvalue weighted by molar-refractivity contribution is 0.0258. The van der Waals surface area contributed by atoms with Crippen molar-refractivity contribution in [3.8, 4) is 5.75 Å². The third-order valence-electron chi connectivity index (χ3n) is 6.98. The highest BCUT2D eigenvalue weighted by molar-refractivity contribution is 7.90. The number of carbonyl (C=O) groups is 1. The Morgan fingerprint density at radius 3 is 2.58 bits per heavy atom. The van der Waals surface area contributed by atoms with E-state index in [0.717, 1.165) is 23.9 Å². The highest BCUT2D eigenvalue weighted by Gasteiger charge is 2.30. The number of anilines is 1. The summed E-state index contributed by atoms with van der Waals surface area (Å²) in [5, 5.41) is 5.08. The SMILES string of the molecule is CC(C)(C)OC(=O)N1CCc2ccc(NC3N=C4C(c5ccc(S(C)(=O)=O)cc5OCC(F)F)=CC=CN4N3)cc2CC1. The molecule has 2 aromatic rings. The smallest absolute Gasteiger partial charge is 0.410 e. The fourth-order valence-electron chi connectivity index (χ4n) is 5.00. The molecule has 230 valence electrons. The zero-order valence-electron chi connectivity index (χ0n) is 24.4. The molecule has 3 aliphatic rings. The van der Waals surface area contributed by atoms with Crippen LogP contribution < -0.4 is 15.5 Å². The highest BCUT2D eigenvalue weighted by atomic mass is 32.2. The topological polar surface area (TPSA) is 113 Å². The number of nitrogens with one attached hydrogen (secondary N) is 2. The Kier molecular flexibility index (Phi) is 8.48. The molecule has 10 nitrogen and oxygen atoms in total. The molecule has 0 fully saturated rings. The van der Waals surface area contributed by atoms with Gasteiger partial charge in [0.2, 0.25) is 0 Å². The van der Waals surface area contributed by atoms with E-state index >= 15 is 0 Å². The summed E-state index contributed by atoms with van der Waals surface area (Å²) in [4.78, 5) is 19.1. The molecule has 0 saturated heterocycles. The summed E-state index contributed by atoms with van der Waals surface area (Å²) in [6, 6.07) is 10.3. The Morgan fingerprint density at radius 2 is 1.88 bits per heavy atom. The van der Waals surface area contributed by atoms with Gasteiger partial charge in [-0.25, -0.2) is 27.0 Å². The van der Waals surface area contributed by atoms with E-state index in [2.05, 4.69) is 16.8 Å². The van der Waals surface area contributed by atoms with Crippen molar-refractivity contribution in [3.63, 3.8) is 0 Å². The number of amidine groups is 1. The molecule has 1 amide bonds. The average molecular weight is 616 g/mol. The van der Waals surface area contributed by atoms with E-state index < -0.39 is 34.8 Å². The fourth-order valence-corrected chi connectivity index (χ4v) is 5.64. The van der Waals surface area contributed by atoms with Crippen molar-refractivity contribution < 1.29 is 31.5 Å². The van der Waals surface area contributed by atoms with E-state index in [1.807, 2.05) is 32.9 Å². The van der Waals surface area contributed by atoms with Crippen molar-refractivity contribution in [2.75, 3.05) is 31.3 Å². The quantitative estimate of drug-likeness (QED) is 0.465. The lowest BCUT2D eigenvalue weighted by Crippen LogP contribution is -2.40. The molecule has 2 aromatic carbocycles. The number of alkyl halides is 2. The van der Waals surface area contributed by atoms with E-state index in [1.165, 1.54) is 23.8 Å². The minimum Gasteiger partial charge on any atom is -0.487 e.